The van der Waals surface area contributed by atoms with E-state index < -0.39 is 28.8 Å². The maximum absolute atomic E-state index is 14.8. The van der Waals surface area contributed by atoms with Gasteiger partial charge in [-0.05, 0) is 53.3 Å². The van der Waals surface area contributed by atoms with Crippen molar-refractivity contribution in [3.63, 3.8) is 0 Å². The van der Waals surface area contributed by atoms with Crippen LogP contribution in [0.5, 0.6) is 0 Å². The number of nitrogens with one attached hydrogen (secondary N) is 1. The molecule has 3 heterocycles. The molecule has 3 aromatic rings. The van der Waals surface area contributed by atoms with Gasteiger partial charge in [0.15, 0.2) is 11.6 Å². The van der Waals surface area contributed by atoms with Crippen molar-refractivity contribution in [2.75, 3.05) is 10.2 Å². The maximum atomic E-state index is 14.8. The highest BCUT2D eigenvalue weighted by Crippen LogP contribution is 2.58. The van der Waals surface area contributed by atoms with Crippen LogP contribution in [-0.2, 0) is 21.4 Å². The number of nitrogens with zero attached hydrogens (tertiary/aromatic N) is 1. The molecule has 3 aliphatic rings. The van der Waals surface area contributed by atoms with Crippen molar-refractivity contribution >= 4 is 46.5 Å². The lowest BCUT2D eigenvalue weighted by molar-refractivity contribution is -0.128. The molecule has 3 aliphatic heterocycles. The van der Waals surface area contributed by atoms with Gasteiger partial charge < -0.3 is 10.2 Å². The Hall–Kier alpha value is -3.70. The molecular weight excluding hydrogens is 532 g/mol. The summed E-state index contributed by atoms with van der Waals surface area (Å²) in [5.41, 5.74) is 2.67. The minimum atomic E-state index is -1.30. The van der Waals surface area contributed by atoms with Gasteiger partial charge in [0.2, 0.25) is 5.91 Å². The number of Topliss-reactive ketones (excluding diaryl/α,β-unsaturated/α-hetero) is 2. The summed E-state index contributed by atoms with van der Waals surface area (Å²) in [7, 11) is 0. The molecule has 0 bridgehead atoms. The first kappa shape index (κ1) is 27.5. The van der Waals surface area contributed by atoms with Gasteiger partial charge in [-0.3, -0.25) is 14.4 Å². The Kier molecular flexibility index (Phi) is 6.50. The molecule has 6 rings (SSSR count). The lowest BCUT2D eigenvalue weighted by atomic mass is 9.63. The van der Waals surface area contributed by atoms with Crippen molar-refractivity contribution in [1.82, 2.24) is 0 Å². The van der Waals surface area contributed by atoms with Gasteiger partial charge in [-0.25, -0.2) is 0 Å². The first-order chi connectivity index (χ1) is 19.4. The van der Waals surface area contributed by atoms with Gasteiger partial charge in [-0.15, -0.1) is 0 Å². The minimum absolute atomic E-state index is 0.0810. The van der Waals surface area contributed by atoms with Gasteiger partial charge in [0.1, 0.15) is 11.5 Å². The monoisotopic (exact) mass is 566 g/mol. The second-order valence-electron chi connectivity index (χ2n) is 13.0. The number of halogens is 1. The van der Waals surface area contributed by atoms with Gasteiger partial charge in [-0.1, -0.05) is 101 Å². The summed E-state index contributed by atoms with van der Waals surface area (Å²) in [6.45, 7) is 9.96. The zero-order valence-corrected chi connectivity index (χ0v) is 24.8. The zero-order chi connectivity index (χ0) is 29.3. The van der Waals surface area contributed by atoms with E-state index >= 15 is 0 Å². The topological polar surface area (TPSA) is 66.5 Å². The third-order valence-corrected chi connectivity index (χ3v) is 9.00. The van der Waals surface area contributed by atoms with E-state index in [1.807, 2.05) is 98.5 Å². The van der Waals surface area contributed by atoms with Gasteiger partial charge in [0.25, 0.3) is 0 Å². The molecule has 1 N–H and O–H groups in total. The van der Waals surface area contributed by atoms with Crippen LogP contribution in [0.1, 0.15) is 61.7 Å². The van der Waals surface area contributed by atoms with Crippen LogP contribution in [0.4, 0.5) is 11.4 Å². The van der Waals surface area contributed by atoms with Gasteiger partial charge in [0.05, 0.1) is 12.0 Å². The first-order valence-electron chi connectivity index (χ1n) is 14.3. The summed E-state index contributed by atoms with van der Waals surface area (Å²) in [5, 5.41) is 3.66. The number of hydrogen-bond donors (Lipinski definition) is 1. The molecular formula is C35H35ClN2O3. The fraction of sp³-hybridized carbons (Fsp3) is 0.343. The number of benzene rings is 3. The van der Waals surface area contributed by atoms with Crippen LogP contribution in [0.25, 0.3) is 6.08 Å². The molecule has 1 saturated heterocycles. The summed E-state index contributed by atoms with van der Waals surface area (Å²) < 4.78 is 0. The van der Waals surface area contributed by atoms with Crippen LogP contribution in [0.2, 0.25) is 5.02 Å². The number of hydrogen-bond acceptors (Lipinski definition) is 4. The highest BCUT2D eigenvalue weighted by atomic mass is 35.5. The third kappa shape index (κ3) is 4.16. The Labute approximate surface area is 246 Å². The molecule has 4 atom stereocenters. The molecule has 5 nitrogen and oxygen atoms in total. The van der Waals surface area contributed by atoms with Gasteiger partial charge in [-0.2, -0.15) is 0 Å². The summed E-state index contributed by atoms with van der Waals surface area (Å²) >= 11 is 6.37. The van der Waals surface area contributed by atoms with Gasteiger partial charge in [0, 0.05) is 27.4 Å². The predicted octanol–water partition coefficient (Wildman–Crippen LogP) is 7.13. The van der Waals surface area contributed by atoms with Crippen LogP contribution in [-0.4, -0.2) is 29.6 Å². The van der Waals surface area contributed by atoms with E-state index in [2.05, 4.69) is 19.2 Å². The Balaban J connectivity index is 1.62. The summed E-state index contributed by atoms with van der Waals surface area (Å²) in [5.74, 6) is -1.00. The number of para-hydroxylation sites is 1. The van der Waals surface area contributed by atoms with Crippen LogP contribution in [0.3, 0.4) is 0 Å². The van der Waals surface area contributed by atoms with E-state index in [1.54, 1.807) is 6.07 Å². The first-order valence-corrected chi connectivity index (χ1v) is 14.7. The summed E-state index contributed by atoms with van der Waals surface area (Å²) in [4.78, 5) is 45.7. The number of carbonyl (C=O) groups excluding carboxylic acids is 3. The molecule has 0 aromatic heterocycles. The molecule has 0 saturated carbocycles. The summed E-state index contributed by atoms with van der Waals surface area (Å²) in [6, 6.07) is 19.4. The number of carbonyl (C=O) groups is 3. The van der Waals surface area contributed by atoms with E-state index in [4.69, 9.17) is 11.6 Å². The Morgan fingerprint density at radius 2 is 1.73 bits per heavy atom. The Morgan fingerprint density at radius 1 is 1.02 bits per heavy atom. The molecule has 4 unspecified atom stereocenters. The normalized spacial score (nSPS) is 24.3. The quantitative estimate of drug-likeness (QED) is 0.334. The largest absolute Gasteiger partial charge is 0.352 e. The number of fused-ring (bicyclic) bond motifs is 6. The smallest absolute Gasteiger partial charge is 0.238 e. The van der Waals surface area contributed by atoms with E-state index in [9.17, 15) is 14.4 Å². The maximum Gasteiger partial charge on any atom is 0.238 e. The van der Waals surface area contributed by atoms with Gasteiger partial charge >= 0.3 is 0 Å². The van der Waals surface area contributed by atoms with E-state index in [0.717, 1.165) is 28.8 Å². The van der Waals surface area contributed by atoms with Crippen molar-refractivity contribution in [3.8, 4) is 0 Å². The van der Waals surface area contributed by atoms with E-state index in [0.29, 0.717) is 22.2 Å². The highest BCUT2D eigenvalue weighted by Gasteiger charge is 2.70. The molecule has 3 aromatic carbocycles. The van der Waals surface area contributed by atoms with Crippen molar-refractivity contribution in [1.29, 1.82) is 0 Å². The zero-order valence-electron chi connectivity index (χ0n) is 24.1. The third-order valence-electron chi connectivity index (χ3n) is 8.77. The predicted molar refractivity (Wildman–Crippen MR) is 165 cm³/mol. The number of ketones is 2. The highest BCUT2D eigenvalue weighted by molar-refractivity contribution is 6.31. The SMILES string of the molecule is CC(C)Cc1ccc(C(=O)C2C(C(=O)C(C)(C)C)N3c4ccc(Cl)cc4C=CC3C23C(=O)Nc2ccccc23)cc1. The molecule has 6 heteroatoms. The van der Waals surface area contributed by atoms with Crippen molar-refractivity contribution < 1.29 is 14.4 Å². The average molecular weight is 567 g/mol. The second kappa shape index (κ2) is 9.70. The molecule has 210 valence electrons. The van der Waals surface area contributed by atoms with Crippen LogP contribution in [0.15, 0.2) is 72.8 Å². The fourth-order valence-electron chi connectivity index (χ4n) is 7.05. The van der Waals surface area contributed by atoms with E-state index in [-0.39, 0.29) is 17.5 Å². The van der Waals surface area contributed by atoms with Crippen molar-refractivity contribution in [3.05, 3.63) is 100 Å². The molecule has 1 spiro atoms. The Morgan fingerprint density at radius 3 is 2.41 bits per heavy atom. The summed E-state index contributed by atoms with van der Waals surface area (Å²) in [6.07, 6.45) is 4.84. The number of anilines is 2. The van der Waals surface area contributed by atoms with Crippen LogP contribution >= 0.6 is 11.6 Å². The standard InChI is InChI=1S/C35H35ClN2O3/c1-20(2)18-21-10-12-22(13-11-21)31(39)29-30(32(40)34(3,4)5)38-27-16-15-24(36)19-23(27)14-17-28(38)35(29)25-8-6-7-9-26(25)37-33(35)41/h6-17,19-20,28-30H,18H2,1-5H3,(H,37,41). The van der Waals surface area contributed by atoms with Crippen molar-refractivity contribution in [2.24, 2.45) is 17.3 Å². The number of rotatable bonds is 5. The van der Waals surface area contributed by atoms with Crippen LogP contribution < -0.4 is 10.2 Å². The molecule has 1 fully saturated rings. The Bertz CT molecular complexity index is 1600. The van der Waals surface area contributed by atoms with E-state index in [1.165, 1.54) is 0 Å². The molecule has 0 aliphatic carbocycles. The fourth-order valence-corrected chi connectivity index (χ4v) is 7.23. The van der Waals surface area contributed by atoms with Crippen LogP contribution in [0, 0.1) is 17.3 Å². The van der Waals surface area contributed by atoms with Crippen molar-refractivity contribution in [2.45, 2.75) is 58.5 Å². The number of amides is 1. The molecule has 0 radical (unpaired) electrons. The minimum Gasteiger partial charge on any atom is -0.352 e. The molecule has 41 heavy (non-hydrogen) atoms. The average Bonchev–Trinajstić information content (AvgIpc) is 3.39. The lowest BCUT2D eigenvalue weighted by Gasteiger charge is -2.38. The second-order valence-corrected chi connectivity index (χ2v) is 13.4. The molecule has 1 amide bonds. The lowest BCUT2D eigenvalue weighted by Crippen LogP contribution is -2.51.